The molecule has 1 aromatic carbocycles. The Morgan fingerprint density at radius 2 is 2.11 bits per heavy atom. The summed E-state index contributed by atoms with van der Waals surface area (Å²) in [5.74, 6) is 0. The highest BCUT2D eigenvalue weighted by Gasteiger charge is 2.44. The summed E-state index contributed by atoms with van der Waals surface area (Å²) >= 11 is 5.89. The van der Waals surface area contributed by atoms with Crippen molar-refractivity contribution in [2.75, 3.05) is 0 Å². The summed E-state index contributed by atoms with van der Waals surface area (Å²) < 4.78 is 1.75. The molecule has 1 aliphatic rings. The van der Waals surface area contributed by atoms with Crippen molar-refractivity contribution in [1.29, 1.82) is 0 Å². The number of aliphatic hydroxyl groups is 1. The van der Waals surface area contributed by atoms with E-state index in [1.807, 2.05) is 24.3 Å². The summed E-state index contributed by atoms with van der Waals surface area (Å²) in [4.78, 5) is 3.96. The molecule has 1 heterocycles. The lowest BCUT2D eigenvalue weighted by atomic mass is 9.89. The van der Waals surface area contributed by atoms with Gasteiger partial charge in [0.25, 0.3) is 0 Å². The second kappa shape index (κ2) is 4.37. The van der Waals surface area contributed by atoms with Gasteiger partial charge in [-0.3, -0.25) is 0 Å². The van der Waals surface area contributed by atoms with E-state index >= 15 is 0 Å². The fourth-order valence-corrected chi connectivity index (χ4v) is 2.90. The molecule has 0 bridgehead atoms. The zero-order valence-corrected chi connectivity index (χ0v) is 10.6. The van der Waals surface area contributed by atoms with Crippen molar-refractivity contribution in [3.63, 3.8) is 0 Å². The minimum atomic E-state index is -0.877. The van der Waals surface area contributed by atoms with Crippen LogP contribution in [0.25, 0.3) is 0 Å². The van der Waals surface area contributed by atoms with Gasteiger partial charge in [-0.25, -0.2) is 9.67 Å². The van der Waals surface area contributed by atoms with Crippen molar-refractivity contribution >= 4 is 11.6 Å². The van der Waals surface area contributed by atoms with E-state index in [9.17, 15) is 5.11 Å². The molecule has 2 atom stereocenters. The third-order valence-electron chi connectivity index (χ3n) is 3.69. The van der Waals surface area contributed by atoms with Gasteiger partial charge in [0.05, 0.1) is 6.04 Å². The molecule has 1 N–H and O–H groups in total. The Labute approximate surface area is 110 Å². The van der Waals surface area contributed by atoms with Gasteiger partial charge < -0.3 is 5.11 Å². The Hall–Kier alpha value is -1.39. The fraction of sp³-hybridized carbons (Fsp3) is 0.385. The van der Waals surface area contributed by atoms with Crippen LogP contribution in [-0.2, 0) is 5.60 Å². The Kier molecular flexibility index (Phi) is 2.84. The van der Waals surface area contributed by atoms with Gasteiger partial charge in [-0.05, 0) is 37.0 Å². The molecule has 1 aromatic heterocycles. The topological polar surface area (TPSA) is 50.9 Å². The Balaban J connectivity index is 2.00. The van der Waals surface area contributed by atoms with Crippen molar-refractivity contribution < 1.29 is 5.11 Å². The normalized spacial score (nSPS) is 27.6. The molecule has 5 heteroatoms. The van der Waals surface area contributed by atoms with Crippen LogP contribution in [0.1, 0.15) is 30.9 Å². The fourth-order valence-electron chi connectivity index (χ4n) is 2.77. The highest BCUT2D eigenvalue weighted by molar-refractivity contribution is 6.30. The summed E-state index contributed by atoms with van der Waals surface area (Å²) in [5, 5.41) is 15.8. The van der Waals surface area contributed by atoms with Crippen molar-refractivity contribution in [2.45, 2.75) is 30.9 Å². The lowest BCUT2D eigenvalue weighted by Crippen LogP contribution is -2.32. The van der Waals surface area contributed by atoms with E-state index in [1.165, 1.54) is 6.33 Å². The summed E-state index contributed by atoms with van der Waals surface area (Å²) in [7, 11) is 0. The third-order valence-corrected chi connectivity index (χ3v) is 3.94. The zero-order valence-electron chi connectivity index (χ0n) is 9.83. The summed E-state index contributed by atoms with van der Waals surface area (Å²) in [6.45, 7) is 0. The minimum Gasteiger partial charge on any atom is -0.383 e. The van der Waals surface area contributed by atoms with Crippen molar-refractivity contribution in [1.82, 2.24) is 14.8 Å². The Morgan fingerprint density at radius 3 is 2.78 bits per heavy atom. The number of nitrogens with zero attached hydrogens (tertiary/aromatic N) is 3. The smallest absolute Gasteiger partial charge is 0.137 e. The molecule has 1 aliphatic carbocycles. The van der Waals surface area contributed by atoms with Gasteiger partial charge in [0.1, 0.15) is 18.3 Å². The van der Waals surface area contributed by atoms with E-state index in [2.05, 4.69) is 10.1 Å². The average molecular weight is 264 g/mol. The molecular weight excluding hydrogens is 250 g/mol. The maximum absolute atomic E-state index is 11.0. The van der Waals surface area contributed by atoms with Gasteiger partial charge in [0.2, 0.25) is 0 Å². The number of benzene rings is 1. The molecule has 1 saturated carbocycles. The molecule has 4 nitrogen and oxygen atoms in total. The van der Waals surface area contributed by atoms with Crippen molar-refractivity contribution in [2.24, 2.45) is 0 Å². The first-order chi connectivity index (χ1) is 8.70. The van der Waals surface area contributed by atoms with E-state index in [0.29, 0.717) is 5.02 Å². The summed E-state index contributed by atoms with van der Waals surface area (Å²) in [6, 6.07) is 7.34. The Morgan fingerprint density at radius 1 is 1.33 bits per heavy atom. The number of hydrogen-bond donors (Lipinski definition) is 1. The van der Waals surface area contributed by atoms with Crippen LogP contribution in [0.4, 0.5) is 0 Å². The van der Waals surface area contributed by atoms with Gasteiger partial charge in [-0.15, -0.1) is 0 Å². The molecule has 2 aromatic rings. The van der Waals surface area contributed by atoms with Crippen molar-refractivity contribution in [3.05, 3.63) is 47.5 Å². The first-order valence-electron chi connectivity index (χ1n) is 6.03. The lowest BCUT2D eigenvalue weighted by Gasteiger charge is -2.30. The predicted octanol–water partition coefficient (Wildman–Crippen LogP) is 2.54. The molecule has 3 rings (SSSR count). The monoisotopic (exact) mass is 263 g/mol. The molecule has 0 spiro atoms. The standard InChI is InChI=1S/C13H14ClN3O/c14-11-5-3-10(4-6-11)13(18)7-1-2-12(13)17-9-15-8-16-17/h3-6,8-9,12,18H,1-2,7H2. The second-order valence-electron chi connectivity index (χ2n) is 4.71. The maximum Gasteiger partial charge on any atom is 0.137 e. The molecule has 94 valence electrons. The van der Waals surface area contributed by atoms with Crippen LogP contribution in [0.5, 0.6) is 0 Å². The van der Waals surface area contributed by atoms with Gasteiger partial charge in [0, 0.05) is 5.02 Å². The molecule has 0 radical (unpaired) electrons. The van der Waals surface area contributed by atoms with Crippen LogP contribution in [0, 0.1) is 0 Å². The van der Waals surface area contributed by atoms with E-state index in [-0.39, 0.29) is 6.04 Å². The maximum atomic E-state index is 11.0. The third kappa shape index (κ3) is 1.82. The van der Waals surface area contributed by atoms with Gasteiger partial charge in [-0.1, -0.05) is 23.7 Å². The molecular formula is C13H14ClN3O. The van der Waals surface area contributed by atoms with Crippen LogP contribution < -0.4 is 0 Å². The highest BCUT2D eigenvalue weighted by Crippen LogP contribution is 2.46. The van der Waals surface area contributed by atoms with Gasteiger partial charge in [-0.2, -0.15) is 5.10 Å². The molecule has 2 unspecified atom stereocenters. The largest absolute Gasteiger partial charge is 0.383 e. The average Bonchev–Trinajstić information content (AvgIpc) is 2.99. The number of rotatable bonds is 2. The van der Waals surface area contributed by atoms with Crippen LogP contribution in [0.15, 0.2) is 36.9 Å². The quantitative estimate of drug-likeness (QED) is 0.906. The van der Waals surface area contributed by atoms with E-state index < -0.39 is 5.60 Å². The van der Waals surface area contributed by atoms with Crippen LogP contribution >= 0.6 is 11.6 Å². The number of halogens is 1. The first kappa shape index (κ1) is 11.7. The SMILES string of the molecule is OC1(c2ccc(Cl)cc2)CCCC1n1cncn1. The second-order valence-corrected chi connectivity index (χ2v) is 5.15. The van der Waals surface area contributed by atoms with E-state index in [1.54, 1.807) is 11.0 Å². The highest BCUT2D eigenvalue weighted by atomic mass is 35.5. The molecule has 0 amide bonds. The van der Waals surface area contributed by atoms with Crippen molar-refractivity contribution in [3.8, 4) is 0 Å². The molecule has 18 heavy (non-hydrogen) atoms. The lowest BCUT2D eigenvalue weighted by molar-refractivity contribution is -0.00120. The summed E-state index contributed by atoms with van der Waals surface area (Å²) in [6.07, 6.45) is 5.78. The summed E-state index contributed by atoms with van der Waals surface area (Å²) in [5.41, 5.74) is 0.0167. The molecule has 1 fully saturated rings. The van der Waals surface area contributed by atoms with Gasteiger partial charge in [0.15, 0.2) is 0 Å². The number of hydrogen-bond acceptors (Lipinski definition) is 3. The van der Waals surface area contributed by atoms with E-state index in [0.717, 1.165) is 24.8 Å². The minimum absolute atomic E-state index is 0.0545. The molecule has 0 aliphatic heterocycles. The Bertz CT molecular complexity index is 526. The zero-order chi connectivity index (χ0) is 12.6. The van der Waals surface area contributed by atoms with Gasteiger partial charge >= 0.3 is 0 Å². The first-order valence-corrected chi connectivity index (χ1v) is 6.40. The van der Waals surface area contributed by atoms with Crippen LogP contribution in [0.2, 0.25) is 5.02 Å². The number of aromatic nitrogens is 3. The van der Waals surface area contributed by atoms with E-state index in [4.69, 9.17) is 11.6 Å². The molecule has 0 saturated heterocycles. The van der Waals surface area contributed by atoms with Crippen LogP contribution in [0.3, 0.4) is 0 Å². The van der Waals surface area contributed by atoms with Crippen LogP contribution in [-0.4, -0.2) is 19.9 Å². The predicted molar refractivity (Wildman–Crippen MR) is 68.3 cm³/mol.